The highest BCUT2D eigenvalue weighted by molar-refractivity contribution is 6.30. The van der Waals surface area contributed by atoms with Crippen LogP contribution in [0.25, 0.3) is 0 Å². The molecule has 1 aromatic rings. The van der Waals surface area contributed by atoms with E-state index in [4.69, 9.17) is 11.6 Å². The maximum absolute atomic E-state index is 12.4. The topological polar surface area (TPSA) is 43.8 Å². The summed E-state index contributed by atoms with van der Waals surface area (Å²) in [7, 11) is 1.99. The van der Waals surface area contributed by atoms with Gasteiger partial charge in [-0.1, -0.05) is 30.7 Å². The number of amides is 1. The van der Waals surface area contributed by atoms with Crippen LogP contribution in [-0.4, -0.2) is 53.6 Å². The first-order valence-corrected chi connectivity index (χ1v) is 8.30. The molecule has 1 amide bonds. The van der Waals surface area contributed by atoms with Gasteiger partial charge >= 0.3 is 0 Å². The second-order valence-corrected chi connectivity index (χ2v) is 6.44. The average Bonchev–Trinajstić information content (AvgIpc) is 2.50. The lowest BCUT2D eigenvalue weighted by atomic mass is 10.0. The van der Waals surface area contributed by atoms with Crippen molar-refractivity contribution < 1.29 is 9.90 Å². The van der Waals surface area contributed by atoms with Gasteiger partial charge in [-0.15, -0.1) is 0 Å². The molecule has 2 rings (SSSR count). The summed E-state index contributed by atoms with van der Waals surface area (Å²) in [5.74, 6) is 0.141. The molecule has 1 aromatic carbocycles. The monoisotopic (exact) mass is 324 g/mol. The van der Waals surface area contributed by atoms with Crippen molar-refractivity contribution in [3.8, 4) is 0 Å². The minimum absolute atomic E-state index is 0.141. The number of likely N-dealkylation sites (tertiary alicyclic amines) is 1. The van der Waals surface area contributed by atoms with Crippen molar-refractivity contribution in [2.24, 2.45) is 0 Å². The largest absolute Gasteiger partial charge is 0.393 e. The van der Waals surface area contributed by atoms with Crippen LogP contribution in [0, 0.1) is 0 Å². The third-order valence-electron chi connectivity index (χ3n) is 4.38. The predicted octanol–water partition coefficient (Wildman–Crippen LogP) is 2.71. The number of hydrogen-bond donors (Lipinski definition) is 1. The van der Waals surface area contributed by atoms with Gasteiger partial charge < -0.3 is 10.0 Å². The van der Waals surface area contributed by atoms with Crippen molar-refractivity contribution in [2.75, 3.05) is 26.7 Å². The van der Waals surface area contributed by atoms with Gasteiger partial charge in [-0.2, -0.15) is 0 Å². The number of nitrogens with zero attached hydrogens (tertiary/aromatic N) is 2. The van der Waals surface area contributed by atoms with E-state index in [9.17, 15) is 9.90 Å². The van der Waals surface area contributed by atoms with Gasteiger partial charge in [0, 0.05) is 24.2 Å². The molecule has 0 radical (unpaired) electrons. The van der Waals surface area contributed by atoms with E-state index in [0.29, 0.717) is 32.5 Å². The van der Waals surface area contributed by atoms with Crippen LogP contribution in [0.5, 0.6) is 0 Å². The number of hydrogen-bond acceptors (Lipinski definition) is 3. The van der Waals surface area contributed by atoms with Crippen LogP contribution in [0.3, 0.4) is 0 Å². The zero-order chi connectivity index (χ0) is 16.1. The van der Waals surface area contributed by atoms with E-state index >= 15 is 0 Å². The van der Waals surface area contributed by atoms with Gasteiger partial charge in [0.2, 0.25) is 5.91 Å². The molecule has 0 aromatic heterocycles. The fraction of sp³-hybridized carbons (Fsp3) is 0.588. The molecule has 1 saturated heterocycles. The van der Waals surface area contributed by atoms with Crippen molar-refractivity contribution in [3.05, 3.63) is 34.9 Å². The molecule has 1 fully saturated rings. The Balaban J connectivity index is 1.95. The Labute approximate surface area is 137 Å². The van der Waals surface area contributed by atoms with Crippen LogP contribution in [0.1, 0.15) is 37.8 Å². The molecule has 5 heteroatoms. The van der Waals surface area contributed by atoms with Crippen LogP contribution >= 0.6 is 11.6 Å². The highest BCUT2D eigenvalue weighted by Crippen LogP contribution is 2.24. The molecule has 22 heavy (non-hydrogen) atoms. The van der Waals surface area contributed by atoms with Gasteiger partial charge in [-0.05, 0) is 44.0 Å². The minimum Gasteiger partial charge on any atom is -0.393 e. The van der Waals surface area contributed by atoms with Crippen molar-refractivity contribution in [3.63, 3.8) is 0 Å². The molecule has 1 aliphatic heterocycles. The molecule has 1 N–H and O–H groups in total. The van der Waals surface area contributed by atoms with E-state index in [1.165, 1.54) is 5.56 Å². The summed E-state index contributed by atoms with van der Waals surface area (Å²) >= 11 is 5.94. The number of benzene rings is 1. The Morgan fingerprint density at radius 3 is 2.50 bits per heavy atom. The standard InChI is InChI=1S/C17H25ClN2O2/c1-3-16(13-4-6-14(18)7-5-13)19(2)12-17(22)20-10-8-15(21)9-11-20/h4-7,15-16,21H,3,8-12H2,1-2H3. The normalized spacial score (nSPS) is 17.8. The van der Waals surface area contributed by atoms with Crippen LogP contribution in [0.2, 0.25) is 5.02 Å². The van der Waals surface area contributed by atoms with Gasteiger partial charge in [0.05, 0.1) is 12.6 Å². The summed E-state index contributed by atoms with van der Waals surface area (Å²) in [6.07, 6.45) is 2.05. The van der Waals surface area contributed by atoms with Crippen molar-refractivity contribution in [1.29, 1.82) is 0 Å². The fourth-order valence-corrected chi connectivity index (χ4v) is 3.15. The zero-order valence-corrected chi connectivity index (χ0v) is 14.1. The summed E-state index contributed by atoms with van der Waals surface area (Å²) in [5, 5.41) is 10.3. The molecular weight excluding hydrogens is 300 g/mol. The Morgan fingerprint density at radius 1 is 1.36 bits per heavy atom. The van der Waals surface area contributed by atoms with Gasteiger partial charge in [0.1, 0.15) is 0 Å². The van der Waals surface area contributed by atoms with Gasteiger partial charge in [-0.3, -0.25) is 9.69 Å². The molecule has 1 aliphatic rings. The number of aliphatic hydroxyl groups is 1. The summed E-state index contributed by atoms with van der Waals surface area (Å²) in [4.78, 5) is 16.4. The molecular formula is C17H25ClN2O2. The van der Waals surface area contributed by atoms with Crippen molar-refractivity contribution >= 4 is 17.5 Å². The fourth-order valence-electron chi connectivity index (χ4n) is 3.03. The molecule has 0 aliphatic carbocycles. The van der Waals surface area contributed by atoms with E-state index in [-0.39, 0.29) is 18.1 Å². The number of piperidine rings is 1. The van der Waals surface area contributed by atoms with E-state index < -0.39 is 0 Å². The number of aliphatic hydroxyl groups excluding tert-OH is 1. The number of carbonyl (C=O) groups excluding carboxylic acids is 1. The Bertz CT molecular complexity index is 484. The first-order chi connectivity index (χ1) is 10.5. The van der Waals surface area contributed by atoms with Crippen LogP contribution in [0.4, 0.5) is 0 Å². The molecule has 1 unspecified atom stereocenters. The summed E-state index contributed by atoms with van der Waals surface area (Å²) in [6, 6.07) is 8.03. The third kappa shape index (κ3) is 4.45. The Morgan fingerprint density at radius 2 is 1.95 bits per heavy atom. The second kappa shape index (κ2) is 7.95. The highest BCUT2D eigenvalue weighted by Gasteiger charge is 2.24. The first kappa shape index (κ1) is 17.3. The van der Waals surface area contributed by atoms with Crippen molar-refractivity contribution in [1.82, 2.24) is 9.80 Å². The highest BCUT2D eigenvalue weighted by atomic mass is 35.5. The van der Waals surface area contributed by atoms with Crippen LogP contribution < -0.4 is 0 Å². The lowest BCUT2D eigenvalue weighted by molar-refractivity contribution is -0.134. The molecule has 4 nitrogen and oxygen atoms in total. The van der Waals surface area contributed by atoms with Crippen LogP contribution in [0.15, 0.2) is 24.3 Å². The Kier molecular flexibility index (Phi) is 6.24. The minimum atomic E-state index is -0.251. The lowest BCUT2D eigenvalue weighted by Gasteiger charge is -2.33. The molecule has 122 valence electrons. The maximum Gasteiger partial charge on any atom is 0.236 e. The number of carbonyl (C=O) groups is 1. The molecule has 1 atom stereocenters. The maximum atomic E-state index is 12.4. The van der Waals surface area contributed by atoms with E-state index in [1.807, 2.05) is 36.2 Å². The van der Waals surface area contributed by atoms with Gasteiger partial charge in [-0.25, -0.2) is 0 Å². The summed E-state index contributed by atoms with van der Waals surface area (Å²) in [5.41, 5.74) is 1.18. The van der Waals surface area contributed by atoms with E-state index in [1.54, 1.807) is 0 Å². The van der Waals surface area contributed by atoms with Crippen LogP contribution in [-0.2, 0) is 4.79 Å². The molecule has 0 bridgehead atoms. The smallest absolute Gasteiger partial charge is 0.236 e. The lowest BCUT2D eigenvalue weighted by Crippen LogP contribution is -2.45. The number of rotatable bonds is 5. The van der Waals surface area contributed by atoms with Crippen molar-refractivity contribution in [2.45, 2.75) is 38.3 Å². The van der Waals surface area contributed by atoms with E-state index in [0.717, 1.165) is 11.4 Å². The number of likely N-dealkylation sites (N-methyl/N-ethyl adjacent to an activating group) is 1. The third-order valence-corrected chi connectivity index (χ3v) is 4.63. The summed E-state index contributed by atoms with van der Waals surface area (Å²) in [6.45, 7) is 3.84. The molecule has 0 spiro atoms. The predicted molar refractivity (Wildman–Crippen MR) is 88.9 cm³/mol. The first-order valence-electron chi connectivity index (χ1n) is 7.92. The van der Waals surface area contributed by atoms with Gasteiger partial charge in [0.25, 0.3) is 0 Å². The second-order valence-electron chi connectivity index (χ2n) is 6.00. The number of halogens is 1. The quantitative estimate of drug-likeness (QED) is 0.905. The van der Waals surface area contributed by atoms with E-state index in [2.05, 4.69) is 11.8 Å². The SMILES string of the molecule is CCC(c1ccc(Cl)cc1)N(C)CC(=O)N1CCC(O)CC1. The molecule has 0 saturated carbocycles. The molecule has 1 heterocycles. The average molecular weight is 325 g/mol. The van der Waals surface area contributed by atoms with Gasteiger partial charge in [0.15, 0.2) is 0 Å². The summed E-state index contributed by atoms with van der Waals surface area (Å²) < 4.78 is 0. The Hall–Kier alpha value is -1.10. The zero-order valence-electron chi connectivity index (χ0n) is 13.3.